The number of aromatic nitrogens is 2. The van der Waals surface area contributed by atoms with E-state index in [2.05, 4.69) is 41.4 Å². The van der Waals surface area contributed by atoms with Crippen LogP contribution in [0.1, 0.15) is 58.2 Å². The van der Waals surface area contributed by atoms with Crippen LogP contribution in [0.25, 0.3) is 0 Å². The van der Waals surface area contributed by atoms with Gasteiger partial charge < -0.3 is 9.55 Å². The molecule has 1 N–H and O–H groups in total. The SMILES string of the molecule is CC(C)(C)c1c[nH]c(=S)n1C1CCN2CCCCC12. The summed E-state index contributed by atoms with van der Waals surface area (Å²) >= 11 is 5.56. The molecule has 2 unspecified atom stereocenters. The Kier molecular flexibility index (Phi) is 3.34. The van der Waals surface area contributed by atoms with Gasteiger partial charge in [0, 0.05) is 29.9 Å². The standard InChI is InChI=1S/C15H25N3S/c1-15(2,3)13-10-16-14(19)18(13)12-7-9-17-8-5-4-6-11(12)17/h10-12H,4-9H2,1-3H3,(H,16,19). The third-order valence-electron chi connectivity index (χ3n) is 4.73. The number of hydrogen-bond acceptors (Lipinski definition) is 2. The molecule has 2 aliphatic rings. The van der Waals surface area contributed by atoms with Gasteiger partial charge in [-0.15, -0.1) is 0 Å². The molecule has 2 aliphatic heterocycles. The van der Waals surface area contributed by atoms with Gasteiger partial charge in [0.25, 0.3) is 0 Å². The number of nitrogens with zero attached hydrogens (tertiary/aromatic N) is 2. The van der Waals surface area contributed by atoms with Crippen molar-refractivity contribution in [3.8, 4) is 0 Å². The van der Waals surface area contributed by atoms with Crippen LogP contribution in [-0.2, 0) is 5.41 Å². The van der Waals surface area contributed by atoms with Gasteiger partial charge in [-0.05, 0) is 38.0 Å². The van der Waals surface area contributed by atoms with E-state index in [1.54, 1.807) is 0 Å². The Bertz CT molecular complexity index is 508. The maximum absolute atomic E-state index is 5.56. The first-order valence-electron chi connectivity index (χ1n) is 7.53. The van der Waals surface area contributed by atoms with Crippen molar-refractivity contribution in [1.29, 1.82) is 0 Å². The van der Waals surface area contributed by atoms with Gasteiger partial charge in [0.2, 0.25) is 0 Å². The number of imidazole rings is 1. The average Bonchev–Trinajstić information content (AvgIpc) is 2.91. The number of rotatable bonds is 1. The molecule has 4 heteroatoms. The maximum Gasteiger partial charge on any atom is 0.177 e. The molecule has 0 amide bonds. The van der Waals surface area contributed by atoms with Crippen molar-refractivity contribution in [2.24, 2.45) is 0 Å². The monoisotopic (exact) mass is 279 g/mol. The fourth-order valence-corrected chi connectivity index (χ4v) is 4.10. The first kappa shape index (κ1) is 13.4. The van der Waals surface area contributed by atoms with Gasteiger partial charge in [0.05, 0.1) is 6.04 Å². The molecule has 0 bridgehead atoms. The highest BCUT2D eigenvalue weighted by Gasteiger charge is 2.38. The van der Waals surface area contributed by atoms with Gasteiger partial charge in [0.1, 0.15) is 0 Å². The lowest BCUT2D eigenvalue weighted by Gasteiger charge is -2.34. The molecule has 1 aromatic heterocycles. The predicted octanol–water partition coefficient (Wildman–Crippen LogP) is 3.64. The molecule has 3 rings (SSSR count). The van der Waals surface area contributed by atoms with Crippen LogP contribution in [0.4, 0.5) is 0 Å². The highest BCUT2D eigenvalue weighted by Crippen LogP contribution is 2.38. The van der Waals surface area contributed by atoms with Crippen LogP contribution in [0, 0.1) is 4.77 Å². The van der Waals surface area contributed by atoms with Crippen LogP contribution >= 0.6 is 12.2 Å². The predicted molar refractivity (Wildman–Crippen MR) is 81.2 cm³/mol. The summed E-state index contributed by atoms with van der Waals surface area (Å²) in [5.74, 6) is 0. The zero-order valence-corrected chi connectivity index (χ0v) is 13.1. The summed E-state index contributed by atoms with van der Waals surface area (Å²) in [7, 11) is 0. The van der Waals surface area contributed by atoms with Gasteiger partial charge in [-0.1, -0.05) is 27.2 Å². The molecule has 19 heavy (non-hydrogen) atoms. The van der Waals surface area contributed by atoms with E-state index in [4.69, 9.17) is 12.2 Å². The third-order valence-corrected chi connectivity index (χ3v) is 5.05. The number of nitrogens with one attached hydrogen (secondary N) is 1. The molecule has 1 aromatic rings. The Hall–Kier alpha value is -0.610. The minimum Gasteiger partial charge on any atom is -0.337 e. The number of fused-ring (bicyclic) bond motifs is 1. The van der Waals surface area contributed by atoms with E-state index in [0.717, 1.165) is 4.77 Å². The number of aromatic amines is 1. The lowest BCUT2D eigenvalue weighted by molar-refractivity contribution is 0.171. The van der Waals surface area contributed by atoms with Crippen molar-refractivity contribution >= 4 is 12.2 Å². The average molecular weight is 279 g/mol. The topological polar surface area (TPSA) is 24.0 Å². The molecule has 2 saturated heterocycles. The summed E-state index contributed by atoms with van der Waals surface area (Å²) in [6.45, 7) is 9.34. The van der Waals surface area contributed by atoms with E-state index in [9.17, 15) is 0 Å². The zero-order valence-electron chi connectivity index (χ0n) is 12.3. The van der Waals surface area contributed by atoms with Gasteiger partial charge in [0.15, 0.2) is 4.77 Å². The molecule has 2 fully saturated rings. The molecule has 106 valence electrons. The second-order valence-corrected chi connectivity index (χ2v) is 7.44. The van der Waals surface area contributed by atoms with E-state index in [1.807, 2.05) is 0 Å². The van der Waals surface area contributed by atoms with Gasteiger partial charge in [-0.25, -0.2) is 0 Å². The van der Waals surface area contributed by atoms with Crippen LogP contribution in [0.3, 0.4) is 0 Å². The third kappa shape index (κ3) is 2.29. The van der Waals surface area contributed by atoms with E-state index < -0.39 is 0 Å². The van der Waals surface area contributed by atoms with E-state index >= 15 is 0 Å². The molecule has 3 heterocycles. The molecule has 2 atom stereocenters. The summed E-state index contributed by atoms with van der Waals surface area (Å²) in [5.41, 5.74) is 1.50. The van der Waals surface area contributed by atoms with Crippen LogP contribution in [0.2, 0.25) is 0 Å². The van der Waals surface area contributed by atoms with Crippen molar-refractivity contribution in [3.05, 3.63) is 16.7 Å². The van der Waals surface area contributed by atoms with E-state index in [-0.39, 0.29) is 5.41 Å². The Morgan fingerprint density at radius 3 is 2.68 bits per heavy atom. The summed E-state index contributed by atoms with van der Waals surface area (Å²) in [6, 6.07) is 1.28. The number of hydrogen-bond donors (Lipinski definition) is 1. The Morgan fingerprint density at radius 2 is 1.95 bits per heavy atom. The Labute approximate surface area is 121 Å². The highest BCUT2D eigenvalue weighted by atomic mass is 32.1. The number of piperidine rings is 1. The van der Waals surface area contributed by atoms with Gasteiger partial charge >= 0.3 is 0 Å². The molecule has 0 saturated carbocycles. The molecule has 0 spiro atoms. The van der Waals surface area contributed by atoms with Crippen molar-refractivity contribution < 1.29 is 0 Å². The Morgan fingerprint density at radius 1 is 1.16 bits per heavy atom. The Balaban J connectivity index is 1.98. The normalized spacial score (nSPS) is 28.6. The molecule has 0 aromatic carbocycles. The summed E-state index contributed by atoms with van der Waals surface area (Å²) in [4.78, 5) is 5.95. The van der Waals surface area contributed by atoms with Crippen LogP contribution in [0.5, 0.6) is 0 Å². The van der Waals surface area contributed by atoms with Crippen LogP contribution < -0.4 is 0 Å². The fraction of sp³-hybridized carbons (Fsp3) is 0.800. The molecular weight excluding hydrogens is 254 g/mol. The fourth-order valence-electron chi connectivity index (χ4n) is 3.81. The minimum atomic E-state index is 0.148. The van der Waals surface area contributed by atoms with Crippen molar-refractivity contribution in [2.45, 2.75) is 64.0 Å². The molecule has 0 aliphatic carbocycles. The molecular formula is C15H25N3S. The van der Waals surface area contributed by atoms with E-state index in [0.29, 0.717) is 12.1 Å². The van der Waals surface area contributed by atoms with Crippen LogP contribution in [0.15, 0.2) is 6.20 Å². The summed E-state index contributed by atoms with van der Waals surface area (Å²) in [5, 5.41) is 0. The second-order valence-electron chi connectivity index (χ2n) is 7.05. The summed E-state index contributed by atoms with van der Waals surface area (Å²) < 4.78 is 3.33. The minimum absolute atomic E-state index is 0.148. The smallest absolute Gasteiger partial charge is 0.177 e. The second kappa shape index (κ2) is 4.74. The van der Waals surface area contributed by atoms with Gasteiger partial charge in [-0.2, -0.15) is 0 Å². The lowest BCUT2D eigenvalue weighted by atomic mass is 9.91. The zero-order chi connectivity index (χ0) is 13.6. The largest absolute Gasteiger partial charge is 0.337 e. The lowest BCUT2D eigenvalue weighted by Crippen LogP contribution is -2.38. The van der Waals surface area contributed by atoms with Crippen molar-refractivity contribution in [3.63, 3.8) is 0 Å². The van der Waals surface area contributed by atoms with Crippen molar-refractivity contribution in [2.75, 3.05) is 13.1 Å². The quantitative estimate of drug-likeness (QED) is 0.794. The first-order valence-corrected chi connectivity index (χ1v) is 7.94. The first-order chi connectivity index (χ1) is 8.98. The summed E-state index contributed by atoms with van der Waals surface area (Å²) in [6.07, 6.45) is 7.45. The van der Waals surface area contributed by atoms with E-state index in [1.165, 1.54) is 44.5 Å². The van der Waals surface area contributed by atoms with Gasteiger partial charge in [-0.3, -0.25) is 4.90 Å². The van der Waals surface area contributed by atoms with Crippen molar-refractivity contribution in [1.82, 2.24) is 14.5 Å². The maximum atomic E-state index is 5.56. The molecule has 0 radical (unpaired) electrons. The highest BCUT2D eigenvalue weighted by molar-refractivity contribution is 7.71. The number of H-pyrrole nitrogens is 1. The molecule has 3 nitrogen and oxygen atoms in total. The van der Waals surface area contributed by atoms with Crippen LogP contribution in [-0.4, -0.2) is 33.6 Å².